The third kappa shape index (κ3) is 2.62. The molecule has 94 valence electrons. The number of carbonyl (C=O) groups excluding carboxylic acids is 1. The number of benzene rings is 1. The van der Waals surface area contributed by atoms with Crippen LogP contribution < -0.4 is 11.5 Å². The molecule has 0 saturated heterocycles. The van der Waals surface area contributed by atoms with Crippen molar-refractivity contribution in [2.75, 3.05) is 5.73 Å². The van der Waals surface area contributed by atoms with Crippen LogP contribution in [0.1, 0.15) is 15.9 Å². The monoisotopic (exact) mass is 263 g/mol. The molecule has 18 heavy (non-hydrogen) atoms. The number of anilines is 1. The molecule has 6 nitrogen and oxygen atoms in total. The number of hydrogen-bond acceptors (Lipinski definition) is 5. The van der Waals surface area contributed by atoms with E-state index in [0.717, 1.165) is 10.7 Å². The molecule has 0 aliphatic carbocycles. The highest BCUT2D eigenvalue weighted by Gasteiger charge is 2.07. The van der Waals surface area contributed by atoms with Crippen LogP contribution in [0.5, 0.6) is 0 Å². The number of carbonyl (C=O) groups is 1. The number of nitrogens with two attached hydrogens (primary N) is 2. The Kier molecular flexibility index (Phi) is 3.52. The number of rotatable bonds is 4. The zero-order valence-corrected chi connectivity index (χ0v) is 10.6. The van der Waals surface area contributed by atoms with E-state index in [2.05, 4.69) is 10.2 Å². The first-order chi connectivity index (χ1) is 8.58. The van der Waals surface area contributed by atoms with Crippen molar-refractivity contribution in [1.29, 1.82) is 0 Å². The number of aromatic nitrogens is 3. The van der Waals surface area contributed by atoms with Crippen molar-refractivity contribution in [3.05, 3.63) is 35.4 Å². The Balaban J connectivity index is 2.08. The van der Waals surface area contributed by atoms with Gasteiger partial charge < -0.3 is 11.5 Å². The summed E-state index contributed by atoms with van der Waals surface area (Å²) in [4.78, 5) is 11.1. The highest BCUT2D eigenvalue weighted by molar-refractivity contribution is 7.98. The molecule has 1 heterocycles. The first-order valence-corrected chi connectivity index (χ1v) is 6.23. The van der Waals surface area contributed by atoms with Gasteiger partial charge in [-0.2, -0.15) is 0 Å². The van der Waals surface area contributed by atoms with Gasteiger partial charge in [-0.15, -0.1) is 10.2 Å². The van der Waals surface area contributed by atoms with Crippen molar-refractivity contribution < 1.29 is 4.79 Å². The molecule has 1 aromatic carbocycles. The van der Waals surface area contributed by atoms with E-state index in [1.165, 1.54) is 11.8 Å². The molecule has 0 saturated carbocycles. The molecule has 0 radical (unpaired) electrons. The second-order valence-electron chi connectivity index (χ2n) is 3.75. The average Bonchev–Trinajstić information content (AvgIpc) is 2.68. The molecule has 1 aromatic heterocycles. The standard InChI is InChI=1S/C11H13N5OS/c1-16-10(13)14-15-11(16)18-6-7-3-2-4-8(5-7)9(12)17/h2-5H,6H2,1H3,(H2,12,17)(H2,13,14). The molecule has 0 aliphatic heterocycles. The molecule has 0 fully saturated rings. The maximum absolute atomic E-state index is 11.1. The minimum absolute atomic E-state index is 0.378. The highest BCUT2D eigenvalue weighted by atomic mass is 32.2. The molecule has 2 rings (SSSR count). The summed E-state index contributed by atoms with van der Waals surface area (Å²) in [6.45, 7) is 0. The molecule has 0 unspecified atom stereocenters. The highest BCUT2D eigenvalue weighted by Crippen LogP contribution is 2.21. The summed E-state index contributed by atoms with van der Waals surface area (Å²) in [5, 5.41) is 8.45. The molecule has 1 amide bonds. The van der Waals surface area contributed by atoms with Gasteiger partial charge in [0.25, 0.3) is 0 Å². The molecule has 7 heteroatoms. The van der Waals surface area contributed by atoms with E-state index in [1.807, 2.05) is 6.07 Å². The van der Waals surface area contributed by atoms with Gasteiger partial charge in [0.05, 0.1) is 0 Å². The van der Waals surface area contributed by atoms with Crippen LogP contribution in [0, 0.1) is 0 Å². The van der Waals surface area contributed by atoms with Crippen molar-refractivity contribution in [2.24, 2.45) is 12.8 Å². The van der Waals surface area contributed by atoms with Gasteiger partial charge in [-0.3, -0.25) is 9.36 Å². The topological polar surface area (TPSA) is 99.8 Å². The van der Waals surface area contributed by atoms with Gasteiger partial charge in [-0.05, 0) is 17.7 Å². The number of nitrogens with zero attached hydrogens (tertiary/aromatic N) is 3. The molecule has 0 atom stereocenters. The molecule has 0 bridgehead atoms. The predicted molar refractivity (Wildman–Crippen MR) is 69.9 cm³/mol. The number of thioether (sulfide) groups is 1. The van der Waals surface area contributed by atoms with E-state index in [4.69, 9.17) is 11.5 Å². The first-order valence-electron chi connectivity index (χ1n) is 5.24. The molecule has 2 aromatic rings. The van der Waals surface area contributed by atoms with Gasteiger partial charge in [-0.25, -0.2) is 0 Å². The Labute approximate surface area is 108 Å². The molecular formula is C11H13N5OS. The van der Waals surface area contributed by atoms with Crippen LogP contribution >= 0.6 is 11.8 Å². The number of primary amides is 1. The summed E-state index contributed by atoms with van der Waals surface area (Å²) in [7, 11) is 1.80. The minimum atomic E-state index is -0.426. The lowest BCUT2D eigenvalue weighted by Crippen LogP contribution is -2.10. The fourth-order valence-electron chi connectivity index (χ4n) is 1.41. The van der Waals surface area contributed by atoms with Crippen molar-refractivity contribution in [3.63, 3.8) is 0 Å². The van der Waals surface area contributed by atoms with E-state index < -0.39 is 5.91 Å². The molecule has 0 aliphatic rings. The number of amides is 1. The summed E-state index contributed by atoms with van der Waals surface area (Å²) in [5.74, 6) is 0.626. The smallest absolute Gasteiger partial charge is 0.248 e. The molecule has 4 N–H and O–H groups in total. The molecule has 0 spiro atoms. The lowest BCUT2D eigenvalue weighted by atomic mass is 10.1. The van der Waals surface area contributed by atoms with Crippen molar-refractivity contribution >= 4 is 23.6 Å². The van der Waals surface area contributed by atoms with Gasteiger partial charge in [0, 0.05) is 18.4 Å². The zero-order chi connectivity index (χ0) is 13.1. The predicted octanol–water partition coefficient (Wildman–Crippen LogP) is 0.788. The summed E-state index contributed by atoms with van der Waals surface area (Å²) < 4.78 is 1.71. The summed E-state index contributed by atoms with van der Waals surface area (Å²) >= 11 is 1.50. The Bertz CT molecular complexity index is 581. The maximum atomic E-state index is 11.1. The first kappa shape index (κ1) is 12.4. The quantitative estimate of drug-likeness (QED) is 0.794. The second kappa shape index (κ2) is 5.09. The summed E-state index contributed by atoms with van der Waals surface area (Å²) in [6, 6.07) is 7.20. The van der Waals surface area contributed by atoms with Gasteiger partial charge in [0.1, 0.15) is 0 Å². The van der Waals surface area contributed by atoms with E-state index in [9.17, 15) is 4.79 Å². The zero-order valence-electron chi connectivity index (χ0n) is 9.83. The minimum Gasteiger partial charge on any atom is -0.368 e. The van der Waals surface area contributed by atoms with E-state index in [0.29, 0.717) is 17.3 Å². The van der Waals surface area contributed by atoms with E-state index in [1.54, 1.807) is 29.8 Å². The van der Waals surface area contributed by atoms with Crippen LogP contribution in [0.4, 0.5) is 5.95 Å². The Morgan fingerprint density at radius 1 is 1.44 bits per heavy atom. The third-order valence-corrected chi connectivity index (χ3v) is 3.54. The third-order valence-electron chi connectivity index (χ3n) is 2.45. The van der Waals surface area contributed by atoms with Gasteiger partial charge in [0.15, 0.2) is 5.16 Å². The normalized spacial score (nSPS) is 10.5. The Hall–Kier alpha value is -2.02. The summed E-state index contributed by atoms with van der Waals surface area (Å²) in [5.41, 5.74) is 12.3. The van der Waals surface area contributed by atoms with Crippen LogP contribution in [-0.4, -0.2) is 20.7 Å². The van der Waals surface area contributed by atoms with Crippen LogP contribution in [0.3, 0.4) is 0 Å². The van der Waals surface area contributed by atoms with Gasteiger partial charge >= 0.3 is 0 Å². The van der Waals surface area contributed by atoms with Crippen LogP contribution in [0.25, 0.3) is 0 Å². The molecular weight excluding hydrogens is 250 g/mol. The van der Waals surface area contributed by atoms with Crippen LogP contribution in [-0.2, 0) is 12.8 Å². The maximum Gasteiger partial charge on any atom is 0.248 e. The second-order valence-corrected chi connectivity index (χ2v) is 4.70. The average molecular weight is 263 g/mol. The lowest BCUT2D eigenvalue weighted by molar-refractivity contribution is 0.1000. The fourth-order valence-corrected chi connectivity index (χ4v) is 2.28. The van der Waals surface area contributed by atoms with E-state index >= 15 is 0 Å². The Morgan fingerprint density at radius 2 is 2.22 bits per heavy atom. The van der Waals surface area contributed by atoms with Crippen molar-refractivity contribution in [3.8, 4) is 0 Å². The van der Waals surface area contributed by atoms with Gasteiger partial charge in [-0.1, -0.05) is 23.9 Å². The largest absolute Gasteiger partial charge is 0.368 e. The van der Waals surface area contributed by atoms with E-state index in [-0.39, 0.29) is 0 Å². The number of hydrogen-bond donors (Lipinski definition) is 2. The lowest BCUT2D eigenvalue weighted by Gasteiger charge is -2.03. The fraction of sp³-hybridized carbons (Fsp3) is 0.182. The Morgan fingerprint density at radius 3 is 2.83 bits per heavy atom. The van der Waals surface area contributed by atoms with Gasteiger partial charge in [0.2, 0.25) is 11.9 Å². The van der Waals surface area contributed by atoms with Crippen molar-refractivity contribution in [1.82, 2.24) is 14.8 Å². The summed E-state index contributed by atoms with van der Waals surface area (Å²) in [6.07, 6.45) is 0. The van der Waals surface area contributed by atoms with Crippen LogP contribution in [0.2, 0.25) is 0 Å². The van der Waals surface area contributed by atoms with Crippen molar-refractivity contribution in [2.45, 2.75) is 10.9 Å². The number of nitrogen functional groups attached to an aromatic ring is 1. The SMILES string of the molecule is Cn1c(N)nnc1SCc1cccc(C(N)=O)c1. The van der Waals surface area contributed by atoms with Crippen LogP contribution in [0.15, 0.2) is 29.4 Å².